The van der Waals surface area contributed by atoms with E-state index in [9.17, 15) is 17.6 Å². The molecule has 0 bridgehead atoms. The third-order valence-electron chi connectivity index (χ3n) is 5.66. The average molecular weight is 402 g/mol. The molecule has 4 rings (SSSR count). The quantitative estimate of drug-likeness (QED) is 0.419. The molecule has 0 radical (unpaired) electrons. The summed E-state index contributed by atoms with van der Waals surface area (Å²) in [6, 6.07) is 8.08. The highest BCUT2D eigenvalue weighted by Gasteiger charge is 2.35. The molecule has 0 aliphatic heterocycles. The van der Waals surface area contributed by atoms with Crippen LogP contribution >= 0.6 is 0 Å². The van der Waals surface area contributed by atoms with Gasteiger partial charge in [-0.1, -0.05) is 26.0 Å². The lowest BCUT2D eigenvalue weighted by atomic mass is 9.77. The summed E-state index contributed by atoms with van der Waals surface area (Å²) < 4.78 is 54.8. The minimum Gasteiger partial charge on any atom is -0.240 e. The summed E-state index contributed by atoms with van der Waals surface area (Å²) in [5.41, 5.74) is 2.24. The van der Waals surface area contributed by atoms with Crippen molar-refractivity contribution in [2.24, 2.45) is 5.41 Å². The van der Waals surface area contributed by atoms with Crippen LogP contribution in [0.3, 0.4) is 0 Å². The van der Waals surface area contributed by atoms with Gasteiger partial charge in [-0.3, -0.25) is 0 Å². The minimum atomic E-state index is -4.76. The van der Waals surface area contributed by atoms with Gasteiger partial charge in [-0.05, 0) is 72.6 Å². The Labute approximate surface area is 166 Å². The van der Waals surface area contributed by atoms with Gasteiger partial charge in [0, 0.05) is 11.6 Å². The van der Waals surface area contributed by atoms with Gasteiger partial charge < -0.3 is 0 Å². The van der Waals surface area contributed by atoms with Crippen molar-refractivity contribution in [3.63, 3.8) is 0 Å². The summed E-state index contributed by atoms with van der Waals surface area (Å²) >= 11 is 0. The van der Waals surface area contributed by atoms with Gasteiger partial charge in [-0.15, -0.1) is 0 Å². The Bertz CT molecular complexity index is 1120. The monoisotopic (exact) mass is 402 g/mol. The Balaban J connectivity index is 1.74. The van der Waals surface area contributed by atoms with Crippen LogP contribution in [0.15, 0.2) is 42.6 Å². The van der Waals surface area contributed by atoms with Gasteiger partial charge in [0.1, 0.15) is 5.82 Å². The summed E-state index contributed by atoms with van der Waals surface area (Å²) in [5, 5.41) is 5.23. The lowest BCUT2D eigenvalue weighted by Crippen LogP contribution is -2.13. The summed E-state index contributed by atoms with van der Waals surface area (Å²) in [6.07, 6.45) is 2.34. The number of halogens is 4. The van der Waals surface area contributed by atoms with E-state index in [2.05, 4.69) is 25.0 Å². The van der Waals surface area contributed by atoms with E-state index in [4.69, 9.17) is 0 Å². The molecule has 29 heavy (non-hydrogen) atoms. The van der Waals surface area contributed by atoms with Crippen molar-refractivity contribution in [3.05, 3.63) is 65.1 Å². The summed E-state index contributed by atoms with van der Waals surface area (Å²) in [4.78, 5) is 0. The normalized spacial score (nSPS) is 16.9. The highest BCUT2D eigenvalue weighted by molar-refractivity contribution is 5.83. The number of aryl methyl sites for hydroxylation is 1. The molecule has 0 fully saturated rings. The lowest BCUT2D eigenvalue weighted by molar-refractivity contribution is -0.140. The van der Waals surface area contributed by atoms with Gasteiger partial charge in [0.15, 0.2) is 0 Å². The van der Waals surface area contributed by atoms with Crippen molar-refractivity contribution in [3.8, 4) is 5.69 Å². The Morgan fingerprint density at radius 2 is 1.86 bits per heavy atom. The van der Waals surface area contributed by atoms with Crippen molar-refractivity contribution in [2.45, 2.75) is 46.2 Å². The maximum atomic E-state index is 14.0. The number of aromatic nitrogens is 2. The standard InChI is InChI=1S/C23H22F4N2/c1-14-10-18(12-19(21(14)24)23(25,26)27)29-13-17-11-16(4-5-20(17)28-29)15-6-8-22(2,3)9-7-15/h4-6,10-13H,7-9H2,1-3H3. The zero-order valence-corrected chi connectivity index (χ0v) is 16.6. The summed E-state index contributed by atoms with van der Waals surface area (Å²) in [7, 11) is 0. The molecule has 2 aromatic carbocycles. The number of nitrogens with zero attached hydrogens (tertiary/aromatic N) is 2. The Morgan fingerprint density at radius 1 is 1.10 bits per heavy atom. The van der Waals surface area contributed by atoms with Gasteiger partial charge in [-0.2, -0.15) is 18.3 Å². The topological polar surface area (TPSA) is 17.8 Å². The number of rotatable bonds is 2. The second-order valence-corrected chi connectivity index (χ2v) is 8.57. The first-order valence-corrected chi connectivity index (χ1v) is 9.60. The fourth-order valence-corrected chi connectivity index (χ4v) is 3.79. The van der Waals surface area contributed by atoms with Crippen LogP contribution < -0.4 is 0 Å². The van der Waals surface area contributed by atoms with Gasteiger partial charge in [-0.25, -0.2) is 9.07 Å². The van der Waals surface area contributed by atoms with Crippen molar-refractivity contribution in [2.75, 3.05) is 0 Å². The second kappa shape index (κ2) is 6.71. The molecule has 152 valence electrons. The summed E-state index contributed by atoms with van der Waals surface area (Å²) in [6.45, 7) is 5.84. The molecule has 0 spiro atoms. The maximum absolute atomic E-state index is 14.0. The van der Waals surface area contributed by atoms with Crippen LogP contribution in [0.1, 0.15) is 49.8 Å². The molecule has 1 aliphatic rings. The average Bonchev–Trinajstić information content (AvgIpc) is 3.06. The van der Waals surface area contributed by atoms with Crippen LogP contribution in [0.25, 0.3) is 22.2 Å². The maximum Gasteiger partial charge on any atom is 0.419 e. The smallest absolute Gasteiger partial charge is 0.240 e. The first-order chi connectivity index (χ1) is 13.5. The number of hydrogen-bond acceptors (Lipinski definition) is 1. The largest absolute Gasteiger partial charge is 0.419 e. The van der Waals surface area contributed by atoms with E-state index >= 15 is 0 Å². The molecule has 6 heteroatoms. The molecule has 2 nitrogen and oxygen atoms in total. The number of fused-ring (bicyclic) bond motifs is 1. The summed E-state index contributed by atoms with van der Waals surface area (Å²) in [5.74, 6) is -1.24. The predicted molar refractivity (Wildman–Crippen MR) is 106 cm³/mol. The second-order valence-electron chi connectivity index (χ2n) is 8.57. The third-order valence-corrected chi connectivity index (χ3v) is 5.66. The molecule has 0 unspecified atom stereocenters. The number of alkyl halides is 3. The Hall–Kier alpha value is -2.63. The van der Waals surface area contributed by atoms with Crippen molar-refractivity contribution in [1.29, 1.82) is 0 Å². The van der Waals surface area contributed by atoms with E-state index in [0.717, 1.165) is 36.3 Å². The van der Waals surface area contributed by atoms with Gasteiger partial charge in [0.25, 0.3) is 0 Å². The van der Waals surface area contributed by atoms with Crippen molar-refractivity contribution >= 4 is 16.5 Å². The molecule has 3 aromatic rings. The van der Waals surface area contributed by atoms with E-state index in [1.807, 2.05) is 18.2 Å². The van der Waals surface area contributed by atoms with Crippen molar-refractivity contribution < 1.29 is 17.6 Å². The number of hydrogen-bond donors (Lipinski definition) is 0. The molecule has 0 saturated carbocycles. The SMILES string of the molecule is Cc1cc(-n2cc3cc(C4=CCC(C)(C)CC4)ccc3n2)cc(C(F)(F)F)c1F. The zero-order valence-electron chi connectivity index (χ0n) is 16.6. The van der Waals surface area contributed by atoms with E-state index in [-0.39, 0.29) is 11.3 Å². The van der Waals surface area contributed by atoms with E-state index in [1.165, 1.54) is 23.2 Å². The minimum absolute atomic E-state index is 0.0648. The van der Waals surface area contributed by atoms with Crippen LogP contribution in [0.4, 0.5) is 17.6 Å². The Morgan fingerprint density at radius 3 is 2.52 bits per heavy atom. The number of allylic oxidation sites excluding steroid dienone is 2. The van der Waals surface area contributed by atoms with Gasteiger partial charge in [0.2, 0.25) is 0 Å². The molecule has 1 aromatic heterocycles. The van der Waals surface area contributed by atoms with E-state index in [1.54, 1.807) is 6.20 Å². The molecular weight excluding hydrogens is 380 g/mol. The predicted octanol–water partition coefficient (Wildman–Crippen LogP) is 7.09. The molecule has 0 N–H and O–H groups in total. The fourth-order valence-electron chi connectivity index (χ4n) is 3.79. The number of benzene rings is 2. The lowest BCUT2D eigenvalue weighted by Gasteiger charge is -2.28. The van der Waals surface area contributed by atoms with Crippen LogP contribution in [-0.4, -0.2) is 9.78 Å². The third kappa shape index (κ3) is 3.80. The van der Waals surface area contributed by atoms with E-state index < -0.39 is 17.6 Å². The molecule has 1 aliphatic carbocycles. The van der Waals surface area contributed by atoms with Crippen LogP contribution in [0.2, 0.25) is 0 Å². The Kier molecular flexibility index (Phi) is 4.56. The zero-order chi connectivity index (χ0) is 21.0. The molecule has 0 amide bonds. The fraction of sp³-hybridized carbons (Fsp3) is 0.348. The highest BCUT2D eigenvalue weighted by Crippen LogP contribution is 2.38. The molecule has 0 atom stereocenters. The van der Waals surface area contributed by atoms with Gasteiger partial charge >= 0.3 is 6.18 Å². The molecule has 0 saturated heterocycles. The van der Waals surface area contributed by atoms with Gasteiger partial charge in [0.05, 0.1) is 16.8 Å². The first kappa shape index (κ1) is 19.7. The molecular formula is C23H22F4N2. The van der Waals surface area contributed by atoms with Crippen LogP contribution in [0.5, 0.6) is 0 Å². The molecule has 1 heterocycles. The van der Waals surface area contributed by atoms with Crippen LogP contribution in [-0.2, 0) is 6.18 Å². The van der Waals surface area contributed by atoms with E-state index in [0.29, 0.717) is 10.9 Å². The first-order valence-electron chi connectivity index (χ1n) is 9.60. The van der Waals surface area contributed by atoms with Crippen molar-refractivity contribution in [1.82, 2.24) is 9.78 Å². The highest BCUT2D eigenvalue weighted by atomic mass is 19.4. The van der Waals surface area contributed by atoms with Crippen LogP contribution in [0, 0.1) is 18.2 Å².